The van der Waals surface area contributed by atoms with Gasteiger partial charge in [-0.1, -0.05) is 42.0 Å². The molecule has 0 spiro atoms. The van der Waals surface area contributed by atoms with Crippen LogP contribution in [0.4, 0.5) is 0 Å². The van der Waals surface area contributed by atoms with E-state index in [-0.39, 0.29) is 5.56 Å². The van der Waals surface area contributed by atoms with E-state index in [4.69, 9.17) is 5.26 Å². The van der Waals surface area contributed by atoms with E-state index in [9.17, 15) is 10.5 Å². The average Bonchev–Trinajstić information content (AvgIpc) is 2.61. The molecule has 0 saturated carbocycles. The van der Waals surface area contributed by atoms with Crippen molar-refractivity contribution in [1.82, 2.24) is 0 Å². The third-order valence-corrected chi connectivity index (χ3v) is 4.06. The molecule has 0 heterocycles. The third-order valence-electron chi connectivity index (χ3n) is 4.06. The molecule has 3 aromatic rings. The number of aryl methyl sites for hydroxylation is 1. The number of rotatable bonds is 2. The number of fused-ring (bicyclic) bond motifs is 1. The third kappa shape index (κ3) is 2.82. The van der Waals surface area contributed by atoms with Crippen LogP contribution in [0.15, 0.2) is 48.5 Å². The Labute approximate surface area is 140 Å². The average molecular weight is 307 g/mol. The number of nitriles is 3. The van der Waals surface area contributed by atoms with Gasteiger partial charge in [0, 0.05) is 0 Å². The maximum absolute atomic E-state index is 9.34. The summed E-state index contributed by atoms with van der Waals surface area (Å²) in [5, 5.41) is 29.9. The second-order valence-corrected chi connectivity index (χ2v) is 5.75. The summed E-state index contributed by atoms with van der Waals surface area (Å²) in [6, 6.07) is 21.8. The van der Waals surface area contributed by atoms with Gasteiger partial charge in [-0.3, -0.25) is 0 Å². The highest BCUT2D eigenvalue weighted by Gasteiger charge is 2.10. The van der Waals surface area contributed by atoms with Crippen LogP contribution in [0.3, 0.4) is 0 Å². The molecule has 0 aliphatic heterocycles. The van der Waals surface area contributed by atoms with Gasteiger partial charge in [-0.15, -0.1) is 0 Å². The van der Waals surface area contributed by atoms with Crippen LogP contribution >= 0.6 is 0 Å². The van der Waals surface area contributed by atoms with Gasteiger partial charge in [0.1, 0.15) is 12.1 Å². The summed E-state index contributed by atoms with van der Waals surface area (Å²) in [7, 11) is 0. The zero-order valence-corrected chi connectivity index (χ0v) is 13.2. The van der Waals surface area contributed by atoms with Gasteiger partial charge in [-0.05, 0) is 47.4 Å². The Morgan fingerprint density at radius 2 is 1.33 bits per heavy atom. The Morgan fingerprint density at radius 1 is 0.708 bits per heavy atom. The molecule has 0 amide bonds. The zero-order chi connectivity index (χ0) is 17.1. The smallest absolute Gasteiger partial charge is 0.101 e. The van der Waals surface area contributed by atoms with Crippen molar-refractivity contribution in [2.45, 2.75) is 13.3 Å². The molecular formula is C21H13N3. The molecule has 0 atom stereocenters. The van der Waals surface area contributed by atoms with Gasteiger partial charge < -0.3 is 0 Å². The molecule has 0 aromatic heterocycles. The molecule has 0 radical (unpaired) electrons. The molecule has 3 rings (SSSR count). The van der Waals surface area contributed by atoms with Crippen LogP contribution in [0.5, 0.6) is 0 Å². The van der Waals surface area contributed by atoms with E-state index in [0.29, 0.717) is 17.5 Å². The summed E-state index contributed by atoms with van der Waals surface area (Å²) in [4.78, 5) is 0. The minimum absolute atomic E-state index is 0.242. The standard InChI is InChI=1S/C21H13N3/c1-14-2-4-17-7-15(3-5-16(17)6-14)8-18-9-20(12-23)21(13-24)10-19(18)11-22/h2-7,9-10H,8H2,1H3. The van der Waals surface area contributed by atoms with Gasteiger partial charge in [-0.2, -0.15) is 15.8 Å². The quantitative estimate of drug-likeness (QED) is 0.706. The van der Waals surface area contributed by atoms with E-state index in [0.717, 1.165) is 16.5 Å². The first-order valence-corrected chi connectivity index (χ1v) is 7.51. The zero-order valence-electron chi connectivity index (χ0n) is 13.2. The lowest BCUT2D eigenvalue weighted by Crippen LogP contribution is -1.97. The van der Waals surface area contributed by atoms with Crippen LogP contribution in [0.25, 0.3) is 10.8 Å². The van der Waals surface area contributed by atoms with E-state index < -0.39 is 0 Å². The Bertz CT molecular complexity index is 1070. The Morgan fingerprint density at radius 3 is 2.04 bits per heavy atom. The largest absolute Gasteiger partial charge is 0.192 e. The molecule has 3 heteroatoms. The second kappa shape index (κ2) is 6.25. The van der Waals surface area contributed by atoms with Crippen molar-refractivity contribution < 1.29 is 0 Å². The van der Waals surface area contributed by atoms with E-state index in [1.54, 1.807) is 6.07 Å². The Hall–Kier alpha value is -3.61. The molecule has 0 bridgehead atoms. The first kappa shape index (κ1) is 15.3. The van der Waals surface area contributed by atoms with Gasteiger partial charge in [0.2, 0.25) is 0 Å². The van der Waals surface area contributed by atoms with Crippen LogP contribution in [-0.4, -0.2) is 0 Å². The summed E-state index contributed by atoms with van der Waals surface area (Å²) in [5.74, 6) is 0. The SMILES string of the molecule is Cc1ccc2cc(Cc3cc(C#N)c(C#N)cc3C#N)ccc2c1. The van der Waals surface area contributed by atoms with E-state index >= 15 is 0 Å². The molecule has 0 aliphatic rings. The van der Waals surface area contributed by atoms with Crippen molar-refractivity contribution in [2.24, 2.45) is 0 Å². The first-order valence-electron chi connectivity index (χ1n) is 7.51. The molecule has 0 unspecified atom stereocenters. The molecule has 0 fully saturated rings. The van der Waals surface area contributed by atoms with Crippen molar-refractivity contribution in [1.29, 1.82) is 15.8 Å². The van der Waals surface area contributed by atoms with Gasteiger partial charge >= 0.3 is 0 Å². The molecule has 24 heavy (non-hydrogen) atoms. The minimum atomic E-state index is 0.242. The Kier molecular flexibility index (Phi) is 3.98. The summed E-state index contributed by atoms with van der Waals surface area (Å²) in [6.45, 7) is 2.06. The van der Waals surface area contributed by atoms with Crippen LogP contribution in [0.1, 0.15) is 33.4 Å². The molecule has 0 N–H and O–H groups in total. The van der Waals surface area contributed by atoms with Crippen molar-refractivity contribution >= 4 is 10.8 Å². The predicted octanol–water partition coefficient (Wildman–Crippen LogP) is 4.35. The lowest BCUT2D eigenvalue weighted by Gasteiger charge is -2.08. The second-order valence-electron chi connectivity index (χ2n) is 5.75. The lowest BCUT2D eigenvalue weighted by molar-refractivity contribution is 1.17. The molecule has 112 valence electrons. The number of benzene rings is 3. The van der Waals surface area contributed by atoms with Crippen LogP contribution < -0.4 is 0 Å². The maximum Gasteiger partial charge on any atom is 0.101 e. The summed E-state index contributed by atoms with van der Waals surface area (Å²) in [6.07, 6.45) is 0.549. The summed E-state index contributed by atoms with van der Waals surface area (Å²) in [5.41, 5.74) is 4.04. The van der Waals surface area contributed by atoms with Gasteiger partial charge in [0.05, 0.1) is 22.8 Å². The minimum Gasteiger partial charge on any atom is -0.192 e. The highest BCUT2D eigenvalue weighted by atomic mass is 14.3. The monoisotopic (exact) mass is 307 g/mol. The normalized spacial score (nSPS) is 9.92. The van der Waals surface area contributed by atoms with Crippen molar-refractivity contribution in [2.75, 3.05) is 0 Å². The predicted molar refractivity (Wildman–Crippen MR) is 92.1 cm³/mol. The topological polar surface area (TPSA) is 71.4 Å². The number of hydrogen-bond donors (Lipinski definition) is 0. The molecule has 0 saturated heterocycles. The summed E-state index contributed by atoms with van der Waals surface area (Å²) < 4.78 is 0. The van der Waals surface area contributed by atoms with Crippen LogP contribution in [0, 0.1) is 40.9 Å². The molecule has 0 aliphatic carbocycles. The van der Waals surface area contributed by atoms with Crippen LogP contribution in [0.2, 0.25) is 0 Å². The fraction of sp³-hybridized carbons (Fsp3) is 0.0952. The van der Waals surface area contributed by atoms with Gasteiger partial charge in [0.15, 0.2) is 0 Å². The molecular weight excluding hydrogens is 294 g/mol. The van der Waals surface area contributed by atoms with Crippen LogP contribution in [-0.2, 0) is 6.42 Å². The highest BCUT2D eigenvalue weighted by Crippen LogP contribution is 2.22. The van der Waals surface area contributed by atoms with E-state index in [2.05, 4.69) is 43.3 Å². The van der Waals surface area contributed by atoms with Gasteiger partial charge in [0.25, 0.3) is 0 Å². The van der Waals surface area contributed by atoms with E-state index in [1.807, 2.05) is 18.2 Å². The number of hydrogen-bond acceptors (Lipinski definition) is 3. The van der Waals surface area contributed by atoms with Crippen molar-refractivity contribution in [3.63, 3.8) is 0 Å². The fourth-order valence-electron chi connectivity index (χ4n) is 2.82. The number of nitrogens with zero attached hydrogens (tertiary/aromatic N) is 3. The molecule has 3 nitrogen and oxygen atoms in total. The Balaban J connectivity index is 2.05. The molecule has 3 aromatic carbocycles. The summed E-state index contributed by atoms with van der Waals surface area (Å²) >= 11 is 0. The van der Waals surface area contributed by atoms with Crippen molar-refractivity contribution in [3.8, 4) is 18.2 Å². The highest BCUT2D eigenvalue weighted by molar-refractivity contribution is 5.83. The fourth-order valence-corrected chi connectivity index (χ4v) is 2.82. The van der Waals surface area contributed by atoms with Crippen molar-refractivity contribution in [3.05, 3.63) is 81.9 Å². The van der Waals surface area contributed by atoms with Gasteiger partial charge in [-0.25, -0.2) is 0 Å². The lowest BCUT2D eigenvalue weighted by atomic mass is 9.94. The first-order chi connectivity index (χ1) is 11.6. The maximum atomic E-state index is 9.34. The van der Waals surface area contributed by atoms with E-state index in [1.165, 1.54) is 17.0 Å².